The lowest BCUT2D eigenvalue weighted by Crippen LogP contribution is -2.25. The Morgan fingerprint density at radius 3 is 2.37 bits per heavy atom. The number of aryl methyl sites for hydroxylation is 1. The van der Waals surface area contributed by atoms with Crippen LogP contribution in [0.4, 0.5) is 19.0 Å². The number of nitrogens with zero attached hydrogens (tertiary/aromatic N) is 4. The Hall–Kier alpha value is -2.68. The van der Waals surface area contributed by atoms with Crippen molar-refractivity contribution in [3.63, 3.8) is 0 Å². The predicted octanol–water partition coefficient (Wildman–Crippen LogP) is 3.47. The summed E-state index contributed by atoms with van der Waals surface area (Å²) in [5.41, 5.74) is 1.01. The average molecular weight is 379 g/mol. The van der Waals surface area contributed by atoms with E-state index in [1.54, 1.807) is 20.8 Å². The number of rotatable bonds is 5. The van der Waals surface area contributed by atoms with Gasteiger partial charge in [0.15, 0.2) is 5.65 Å². The molecule has 0 saturated heterocycles. The summed E-state index contributed by atoms with van der Waals surface area (Å²) in [7, 11) is 0. The second-order valence-electron chi connectivity index (χ2n) is 6.67. The van der Waals surface area contributed by atoms with Crippen molar-refractivity contribution in [1.29, 1.82) is 0 Å². The van der Waals surface area contributed by atoms with Crippen LogP contribution >= 0.6 is 0 Å². The van der Waals surface area contributed by atoms with Crippen molar-refractivity contribution in [2.24, 2.45) is 0 Å². The molecule has 9 heteroatoms. The van der Waals surface area contributed by atoms with E-state index in [-0.39, 0.29) is 5.65 Å². The number of aromatic nitrogens is 4. The zero-order valence-electron chi connectivity index (χ0n) is 15.2. The highest BCUT2D eigenvalue weighted by Crippen LogP contribution is 2.30. The first-order valence-corrected chi connectivity index (χ1v) is 8.43. The Kier molecular flexibility index (Phi) is 4.81. The maximum atomic E-state index is 13.1. The molecule has 0 aliphatic carbocycles. The van der Waals surface area contributed by atoms with Crippen molar-refractivity contribution < 1.29 is 18.3 Å². The van der Waals surface area contributed by atoms with Crippen LogP contribution in [-0.2, 0) is 11.8 Å². The normalized spacial score (nSPS) is 14.3. The second kappa shape index (κ2) is 6.80. The molecule has 1 unspecified atom stereocenters. The SMILES string of the molecule is Cc1c(NCCC(C)(O)c2ccccc2)nn2c(C(F)(F)F)nnc2c1C. The summed E-state index contributed by atoms with van der Waals surface area (Å²) in [6.07, 6.45) is -4.30. The molecule has 144 valence electrons. The van der Waals surface area contributed by atoms with Crippen molar-refractivity contribution in [1.82, 2.24) is 19.8 Å². The number of benzene rings is 1. The van der Waals surface area contributed by atoms with Gasteiger partial charge in [-0.15, -0.1) is 15.3 Å². The van der Waals surface area contributed by atoms with Gasteiger partial charge in [-0.05, 0) is 38.3 Å². The first kappa shape index (κ1) is 19.1. The molecule has 1 atom stereocenters. The van der Waals surface area contributed by atoms with E-state index >= 15 is 0 Å². The molecule has 2 aromatic heterocycles. The van der Waals surface area contributed by atoms with Gasteiger partial charge in [0.05, 0.1) is 5.60 Å². The summed E-state index contributed by atoms with van der Waals surface area (Å²) in [5, 5.41) is 24.5. The first-order chi connectivity index (χ1) is 12.6. The van der Waals surface area contributed by atoms with Crippen LogP contribution in [0, 0.1) is 13.8 Å². The zero-order valence-corrected chi connectivity index (χ0v) is 15.2. The fourth-order valence-corrected chi connectivity index (χ4v) is 2.84. The van der Waals surface area contributed by atoms with Gasteiger partial charge in [0.1, 0.15) is 5.82 Å². The van der Waals surface area contributed by atoms with Crippen LogP contribution in [0.3, 0.4) is 0 Å². The molecule has 27 heavy (non-hydrogen) atoms. The van der Waals surface area contributed by atoms with Gasteiger partial charge in [0.2, 0.25) is 0 Å². The van der Waals surface area contributed by atoms with Gasteiger partial charge in [0.25, 0.3) is 5.82 Å². The highest BCUT2D eigenvalue weighted by atomic mass is 19.4. The number of hydrogen-bond acceptors (Lipinski definition) is 5. The Balaban J connectivity index is 1.84. The van der Waals surface area contributed by atoms with Crippen LogP contribution in [0.25, 0.3) is 5.65 Å². The molecule has 1 aromatic carbocycles. The van der Waals surface area contributed by atoms with E-state index in [9.17, 15) is 18.3 Å². The van der Waals surface area contributed by atoms with Crippen molar-refractivity contribution in [3.05, 3.63) is 52.8 Å². The molecule has 0 bridgehead atoms. The zero-order chi connectivity index (χ0) is 19.8. The Labute approximate surface area is 154 Å². The maximum Gasteiger partial charge on any atom is 0.453 e. The molecule has 0 fully saturated rings. The molecule has 0 aliphatic heterocycles. The molecule has 2 heterocycles. The van der Waals surface area contributed by atoms with Crippen LogP contribution < -0.4 is 5.32 Å². The van der Waals surface area contributed by atoms with E-state index in [2.05, 4.69) is 20.6 Å². The summed E-state index contributed by atoms with van der Waals surface area (Å²) >= 11 is 0. The minimum atomic E-state index is -4.65. The lowest BCUT2D eigenvalue weighted by molar-refractivity contribution is -0.146. The number of aliphatic hydroxyl groups is 1. The van der Waals surface area contributed by atoms with Crippen LogP contribution in [0.15, 0.2) is 30.3 Å². The highest BCUT2D eigenvalue weighted by molar-refractivity contribution is 5.58. The lowest BCUT2D eigenvalue weighted by atomic mass is 9.92. The van der Waals surface area contributed by atoms with Crippen molar-refractivity contribution >= 4 is 11.5 Å². The van der Waals surface area contributed by atoms with Crippen LogP contribution in [0.2, 0.25) is 0 Å². The van der Waals surface area contributed by atoms with Gasteiger partial charge in [-0.1, -0.05) is 30.3 Å². The standard InChI is InChI=1S/C18H20F3N5O/c1-11-12(2)15-23-24-16(18(19,20)21)26(15)25-14(11)22-10-9-17(3,27)13-7-5-4-6-8-13/h4-8,27H,9-10H2,1-3H3,(H,22,25). The number of hydrogen-bond donors (Lipinski definition) is 2. The summed E-state index contributed by atoms with van der Waals surface area (Å²) < 4.78 is 40.0. The van der Waals surface area contributed by atoms with E-state index < -0.39 is 17.6 Å². The summed E-state index contributed by atoms with van der Waals surface area (Å²) in [6, 6.07) is 9.19. The quantitative estimate of drug-likeness (QED) is 0.710. The molecule has 0 radical (unpaired) electrons. The van der Waals surface area contributed by atoms with Gasteiger partial charge >= 0.3 is 6.18 Å². The van der Waals surface area contributed by atoms with E-state index in [1.807, 2.05) is 30.3 Å². The Bertz CT molecular complexity index is 951. The van der Waals surface area contributed by atoms with E-state index in [4.69, 9.17) is 0 Å². The molecule has 6 nitrogen and oxygen atoms in total. The van der Waals surface area contributed by atoms with Gasteiger partial charge in [-0.2, -0.15) is 17.7 Å². The van der Waals surface area contributed by atoms with Crippen LogP contribution in [-0.4, -0.2) is 31.5 Å². The molecule has 0 spiro atoms. The minimum absolute atomic E-state index is 0.0710. The average Bonchev–Trinajstić information content (AvgIpc) is 3.04. The third-order valence-electron chi connectivity index (χ3n) is 4.65. The summed E-state index contributed by atoms with van der Waals surface area (Å²) in [6.45, 7) is 5.44. The number of anilines is 1. The van der Waals surface area contributed by atoms with E-state index in [1.165, 1.54) is 0 Å². The fourth-order valence-electron chi connectivity index (χ4n) is 2.84. The minimum Gasteiger partial charge on any atom is -0.385 e. The fraction of sp³-hybridized carbons (Fsp3) is 0.389. The van der Waals surface area contributed by atoms with E-state index in [0.29, 0.717) is 34.4 Å². The van der Waals surface area contributed by atoms with Gasteiger partial charge < -0.3 is 10.4 Å². The van der Waals surface area contributed by atoms with Crippen LogP contribution in [0.5, 0.6) is 0 Å². The molecule has 3 aromatic rings. The largest absolute Gasteiger partial charge is 0.453 e. The predicted molar refractivity (Wildman–Crippen MR) is 94.4 cm³/mol. The van der Waals surface area contributed by atoms with E-state index in [0.717, 1.165) is 5.56 Å². The second-order valence-corrected chi connectivity index (χ2v) is 6.67. The first-order valence-electron chi connectivity index (χ1n) is 8.43. The number of halogens is 3. The molecular weight excluding hydrogens is 359 g/mol. The van der Waals surface area contributed by atoms with Crippen molar-refractivity contribution in [2.75, 3.05) is 11.9 Å². The molecule has 0 saturated carbocycles. The highest BCUT2D eigenvalue weighted by Gasteiger charge is 2.38. The molecular formula is C18H20F3N5O. The maximum absolute atomic E-state index is 13.1. The molecule has 0 amide bonds. The monoisotopic (exact) mass is 379 g/mol. The third kappa shape index (κ3) is 3.73. The smallest absolute Gasteiger partial charge is 0.385 e. The van der Waals surface area contributed by atoms with Gasteiger partial charge in [-0.3, -0.25) is 0 Å². The number of alkyl halides is 3. The Morgan fingerprint density at radius 1 is 1.07 bits per heavy atom. The van der Waals surface area contributed by atoms with Crippen molar-refractivity contribution in [2.45, 2.75) is 39.0 Å². The number of fused-ring (bicyclic) bond motifs is 1. The molecule has 2 N–H and O–H groups in total. The van der Waals surface area contributed by atoms with Gasteiger partial charge in [0, 0.05) is 12.1 Å². The van der Waals surface area contributed by atoms with Crippen molar-refractivity contribution in [3.8, 4) is 0 Å². The summed E-state index contributed by atoms with van der Waals surface area (Å²) in [5.74, 6) is -0.867. The summed E-state index contributed by atoms with van der Waals surface area (Å²) in [4.78, 5) is 0. The Morgan fingerprint density at radius 2 is 1.74 bits per heavy atom. The third-order valence-corrected chi connectivity index (χ3v) is 4.65. The number of nitrogens with one attached hydrogen (secondary N) is 1. The lowest BCUT2D eigenvalue weighted by Gasteiger charge is -2.24. The van der Waals surface area contributed by atoms with Crippen LogP contribution in [0.1, 0.15) is 35.9 Å². The topological polar surface area (TPSA) is 75.3 Å². The van der Waals surface area contributed by atoms with Gasteiger partial charge in [-0.25, -0.2) is 0 Å². The molecule has 0 aliphatic rings. The molecule has 3 rings (SSSR count).